The molecule has 0 spiro atoms. The zero-order chi connectivity index (χ0) is 25.0. The van der Waals surface area contributed by atoms with E-state index in [4.69, 9.17) is 4.74 Å². The van der Waals surface area contributed by atoms with Gasteiger partial charge in [0.2, 0.25) is 0 Å². The van der Waals surface area contributed by atoms with Crippen LogP contribution in [0.4, 0.5) is 4.39 Å². The molecule has 2 aromatic rings. The van der Waals surface area contributed by atoms with Crippen LogP contribution in [-0.4, -0.2) is 73.0 Å². The molecule has 1 saturated heterocycles. The maximum absolute atomic E-state index is 13.7. The van der Waals surface area contributed by atoms with Gasteiger partial charge in [-0.25, -0.2) is 4.39 Å². The van der Waals surface area contributed by atoms with Crippen molar-refractivity contribution in [1.29, 1.82) is 0 Å². The van der Waals surface area contributed by atoms with E-state index in [1.54, 1.807) is 24.8 Å². The molecular weight excluding hydrogens is 437 g/mol. The lowest BCUT2D eigenvalue weighted by Gasteiger charge is -2.34. The van der Waals surface area contributed by atoms with E-state index >= 15 is 0 Å². The van der Waals surface area contributed by atoms with E-state index in [0.717, 1.165) is 16.7 Å². The Morgan fingerprint density at radius 2 is 1.76 bits per heavy atom. The first kappa shape index (κ1) is 25.4. The minimum atomic E-state index is -1.03. The smallest absolute Gasteiger partial charge is 0.311 e. The first-order valence-corrected chi connectivity index (χ1v) is 11.3. The lowest BCUT2D eigenvalue weighted by molar-refractivity contribution is -0.152. The van der Waals surface area contributed by atoms with Crippen molar-refractivity contribution in [2.24, 2.45) is 0 Å². The van der Waals surface area contributed by atoms with Gasteiger partial charge in [0.15, 0.2) is 0 Å². The van der Waals surface area contributed by atoms with Crippen LogP contribution in [0.2, 0.25) is 0 Å². The van der Waals surface area contributed by atoms with Crippen LogP contribution in [0.5, 0.6) is 0 Å². The van der Waals surface area contributed by atoms with Crippen molar-refractivity contribution in [2.45, 2.75) is 44.4 Å². The molecule has 34 heavy (non-hydrogen) atoms. The standard InChI is InChI=1S/C26H32FN3O4/c1-26(2,34-5)25(33)30-13-12-21(28-23(31)24(32)29(3)4)22(30)15-17-8-6-9-18(14-17)19-10-7-11-20(27)16-19/h6-11,14,16,21-22H,12-13,15H2,1-5H3,(H,28,31)/t21-,22-/m0/s1. The first-order chi connectivity index (χ1) is 16.0. The largest absolute Gasteiger partial charge is 0.369 e. The third kappa shape index (κ3) is 5.62. The Morgan fingerprint density at radius 3 is 2.38 bits per heavy atom. The highest BCUT2D eigenvalue weighted by Gasteiger charge is 2.43. The number of nitrogens with one attached hydrogen (secondary N) is 1. The number of hydrogen-bond donors (Lipinski definition) is 1. The average Bonchev–Trinajstić information content (AvgIpc) is 3.19. The third-order valence-electron chi connectivity index (χ3n) is 6.28. The number of carbonyl (C=O) groups excluding carboxylic acids is 3. The van der Waals surface area contributed by atoms with Crippen LogP contribution in [0.1, 0.15) is 25.8 Å². The Morgan fingerprint density at radius 1 is 1.12 bits per heavy atom. The van der Waals surface area contributed by atoms with Gasteiger partial charge in [-0.3, -0.25) is 14.4 Å². The summed E-state index contributed by atoms with van der Waals surface area (Å²) in [6.07, 6.45) is 0.974. The van der Waals surface area contributed by atoms with Gasteiger partial charge >= 0.3 is 11.8 Å². The number of likely N-dealkylation sites (tertiary alicyclic amines) is 1. The van der Waals surface area contributed by atoms with Crippen molar-refractivity contribution >= 4 is 17.7 Å². The Hall–Kier alpha value is -3.26. The molecule has 0 unspecified atom stereocenters. The van der Waals surface area contributed by atoms with Crippen molar-refractivity contribution in [3.8, 4) is 11.1 Å². The maximum Gasteiger partial charge on any atom is 0.311 e. The molecule has 0 radical (unpaired) electrons. The zero-order valence-corrected chi connectivity index (χ0v) is 20.3. The summed E-state index contributed by atoms with van der Waals surface area (Å²) in [5.74, 6) is -1.84. The number of halogens is 1. The molecule has 0 aromatic heterocycles. The molecule has 1 fully saturated rings. The number of ether oxygens (including phenoxy) is 1. The topological polar surface area (TPSA) is 79.0 Å². The Balaban J connectivity index is 1.90. The van der Waals surface area contributed by atoms with Crippen LogP contribution in [0, 0.1) is 5.82 Å². The number of hydrogen-bond acceptors (Lipinski definition) is 4. The van der Waals surface area contributed by atoms with Gasteiger partial charge in [0.05, 0.1) is 12.1 Å². The summed E-state index contributed by atoms with van der Waals surface area (Å²) in [7, 11) is 4.52. The predicted octanol–water partition coefficient (Wildman–Crippen LogP) is 2.63. The number of amides is 3. The van der Waals surface area contributed by atoms with Crippen molar-refractivity contribution in [2.75, 3.05) is 27.7 Å². The molecule has 1 aliphatic heterocycles. The number of benzene rings is 2. The molecule has 1 N–H and O–H groups in total. The van der Waals surface area contributed by atoms with Gasteiger partial charge in [0.1, 0.15) is 11.4 Å². The van der Waals surface area contributed by atoms with Gasteiger partial charge in [-0.15, -0.1) is 0 Å². The fourth-order valence-corrected chi connectivity index (χ4v) is 4.18. The van der Waals surface area contributed by atoms with Gasteiger partial charge in [0.25, 0.3) is 5.91 Å². The van der Waals surface area contributed by atoms with Gasteiger partial charge in [-0.05, 0) is 55.5 Å². The van der Waals surface area contributed by atoms with Crippen molar-refractivity contribution < 1.29 is 23.5 Å². The van der Waals surface area contributed by atoms with Gasteiger partial charge in [-0.1, -0.05) is 36.4 Å². The lowest BCUT2D eigenvalue weighted by Crippen LogP contribution is -2.54. The number of likely N-dealkylation sites (N-methyl/N-ethyl adjacent to an activating group) is 1. The summed E-state index contributed by atoms with van der Waals surface area (Å²) >= 11 is 0. The monoisotopic (exact) mass is 469 g/mol. The van der Waals surface area contributed by atoms with Gasteiger partial charge in [0, 0.05) is 27.7 Å². The minimum absolute atomic E-state index is 0.183. The fourth-order valence-electron chi connectivity index (χ4n) is 4.18. The average molecular weight is 470 g/mol. The number of rotatable bonds is 6. The number of nitrogens with zero attached hydrogens (tertiary/aromatic N) is 2. The third-order valence-corrected chi connectivity index (χ3v) is 6.28. The van der Waals surface area contributed by atoms with E-state index in [9.17, 15) is 18.8 Å². The van der Waals surface area contributed by atoms with Gasteiger partial charge in [-0.2, -0.15) is 0 Å². The van der Waals surface area contributed by atoms with Crippen LogP contribution >= 0.6 is 0 Å². The molecule has 8 heteroatoms. The quantitative estimate of drug-likeness (QED) is 0.660. The zero-order valence-electron chi connectivity index (χ0n) is 20.3. The van der Waals surface area contributed by atoms with E-state index in [-0.39, 0.29) is 17.8 Å². The fraction of sp³-hybridized carbons (Fsp3) is 0.423. The molecule has 1 heterocycles. The summed E-state index contributed by atoms with van der Waals surface area (Å²) in [4.78, 5) is 40.8. The predicted molar refractivity (Wildman–Crippen MR) is 127 cm³/mol. The molecule has 3 amide bonds. The molecular formula is C26H32FN3O4. The van der Waals surface area contributed by atoms with E-state index in [1.165, 1.54) is 38.2 Å². The van der Waals surface area contributed by atoms with E-state index < -0.39 is 23.5 Å². The second-order valence-corrected chi connectivity index (χ2v) is 9.26. The van der Waals surface area contributed by atoms with E-state index in [0.29, 0.717) is 19.4 Å². The van der Waals surface area contributed by atoms with Crippen LogP contribution in [0.25, 0.3) is 11.1 Å². The lowest BCUT2D eigenvalue weighted by atomic mass is 9.95. The Kier molecular flexibility index (Phi) is 7.71. The molecule has 0 bridgehead atoms. The van der Waals surface area contributed by atoms with Crippen LogP contribution < -0.4 is 5.32 Å². The summed E-state index contributed by atoms with van der Waals surface area (Å²) in [6.45, 7) is 3.85. The summed E-state index contributed by atoms with van der Waals surface area (Å²) in [5.41, 5.74) is 1.51. The molecule has 2 atom stereocenters. The second kappa shape index (κ2) is 10.3. The molecule has 7 nitrogen and oxygen atoms in total. The highest BCUT2D eigenvalue weighted by atomic mass is 19.1. The first-order valence-electron chi connectivity index (χ1n) is 11.3. The van der Waals surface area contributed by atoms with E-state index in [2.05, 4.69) is 5.32 Å². The summed E-state index contributed by atoms with van der Waals surface area (Å²) in [6, 6.07) is 13.3. The normalized spacial score (nSPS) is 18.0. The molecule has 2 aromatic carbocycles. The maximum atomic E-state index is 13.7. The Labute approximate surface area is 199 Å². The minimum Gasteiger partial charge on any atom is -0.369 e. The summed E-state index contributed by atoms with van der Waals surface area (Å²) < 4.78 is 19.1. The molecule has 1 aliphatic rings. The summed E-state index contributed by atoms with van der Waals surface area (Å²) in [5, 5.41) is 2.82. The van der Waals surface area contributed by atoms with Gasteiger partial charge < -0.3 is 19.9 Å². The number of carbonyl (C=O) groups is 3. The molecule has 0 aliphatic carbocycles. The van der Waals surface area contributed by atoms with Crippen molar-refractivity contribution in [1.82, 2.24) is 15.1 Å². The van der Waals surface area contributed by atoms with Crippen LogP contribution in [-0.2, 0) is 25.5 Å². The molecule has 3 rings (SSSR count). The van der Waals surface area contributed by atoms with Crippen molar-refractivity contribution in [3.63, 3.8) is 0 Å². The highest BCUT2D eigenvalue weighted by molar-refractivity contribution is 6.34. The van der Waals surface area contributed by atoms with E-state index in [1.807, 2.05) is 30.3 Å². The molecule has 0 saturated carbocycles. The SMILES string of the molecule is COC(C)(C)C(=O)N1CC[C@H](NC(=O)C(=O)N(C)C)[C@@H]1Cc1cccc(-c2cccc(F)c2)c1. The Bertz CT molecular complexity index is 1070. The number of methoxy groups -OCH3 is 1. The van der Waals surface area contributed by atoms with Crippen LogP contribution in [0.15, 0.2) is 48.5 Å². The highest BCUT2D eigenvalue weighted by Crippen LogP contribution is 2.28. The second-order valence-electron chi connectivity index (χ2n) is 9.26. The van der Waals surface area contributed by atoms with Crippen molar-refractivity contribution in [3.05, 3.63) is 59.9 Å². The van der Waals surface area contributed by atoms with Crippen LogP contribution in [0.3, 0.4) is 0 Å². The molecule has 182 valence electrons.